The van der Waals surface area contributed by atoms with Crippen molar-refractivity contribution in [2.75, 3.05) is 0 Å². The average Bonchev–Trinajstić information content (AvgIpc) is 2.68. The fourth-order valence-corrected chi connectivity index (χ4v) is 7.13. The molecule has 0 aromatic rings. The van der Waals surface area contributed by atoms with Crippen molar-refractivity contribution in [3.63, 3.8) is 0 Å². The number of hydrogen-bond donors (Lipinski definition) is 1. The van der Waals surface area contributed by atoms with Gasteiger partial charge in [-0.05, 0) is 61.7 Å². The highest BCUT2D eigenvalue weighted by Gasteiger charge is 2.62. The molecule has 0 amide bonds. The van der Waals surface area contributed by atoms with E-state index in [9.17, 15) is 9.90 Å². The van der Waals surface area contributed by atoms with Gasteiger partial charge >= 0.3 is 0 Å². The number of carbonyl (C=O) groups is 1. The molecule has 2 heteroatoms. The number of ketones is 1. The molecule has 21 heavy (non-hydrogen) atoms. The van der Waals surface area contributed by atoms with Gasteiger partial charge in [-0.3, -0.25) is 4.79 Å². The Morgan fingerprint density at radius 3 is 2.67 bits per heavy atom. The number of rotatable bonds is 0. The quantitative estimate of drug-likeness (QED) is 0.733. The van der Waals surface area contributed by atoms with Gasteiger partial charge < -0.3 is 5.11 Å². The summed E-state index contributed by atoms with van der Waals surface area (Å²) in [5.41, 5.74) is 0.284. The molecule has 0 spiro atoms. The standard InChI is InChI=1S/C19H30O2/c1-18-9-4-3-5-12(18)6-7-13-14(18)8-10-19(2)16(21)11-15(20)17(13)19/h12-15,17,20H,3-11H2,1-2H3/t12-,13+,14-,15+,17+,18+,19-/m1/s1. The molecule has 7 atom stereocenters. The third-order valence-electron chi connectivity index (χ3n) is 8.28. The van der Waals surface area contributed by atoms with Crippen LogP contribution in [0.3, 0.4) is 0 Å². The Morgan fingerprint density at radius 1 is 1.05 bits per heavy atom. The van der Waals surface area contributed by atoms with E-state index >= 15 is 0 Å². The maximum Gasteiger partial charge on any atom is 0.141 e. The van der Waals surface area contributed by atoms with E-state index in [4.69, 9.17) is 0 Å². The largest absolute Gasteiger partial charge is 0.392 e. The summed E-state index contributed by atoms with van der Waals surface area (Å²) in [6, 6.07) is 0. The summed E-state index contributed by atoms with van der Waals surface area (Å²) in [7, 11) is 0. The molecular weight excluding hydrogens is 260 g/mol. The van der Waals surface area contributed by atoms with Crippen LogP contribution >= 0.6 is 0 Å². The highest BCUT2D eigenvalue weighted by atomic mass is 16.3. The summed E-state index contributed by atoms with van der Waals surface area (Å²) in [6.07, 6.45) is 10.5. The first-order chi connectivity index (χ1) is 9.97. The van der Waals surface area contributed by atoms with E-state index in [-0.39, 0.29) is 17.4 Å². The van der Waals surface area contributed by atoms with Crippen LogP contribution in [0.2, 0.25) is 0 Å². The minimum absolute atomic E-state index is 0.210. The van der Waals surface area contributed by atoms with E-state index in [0.29, 0.717) is 23.5 Å². The molecule has 4 aliphatic rings. The highest BCUT2D eigenvalue weighted by molar-refractivity contribution is 5.88. The van der Waals surface area contributed by atoms with Gasteiger partial charge in [0.2, 0.25) is 0 Å². The Labute approximate surface area is 128 Å². The lowest BCUT2D eigenvalue weighted by Gasteiger charge is -2.59. The molecule has 4 fully saturated rings. The number of Topliss-reactive ketones (excluding diaryl/α,β-unsaturated/α-hetero) is 1. The predicted octanol–water partition coefficient (Wildman–Crippen LogP) is 3.96. The second kappa shape index (κ2) is 4.57. The zero-order chi connectivity index (χ0) is 14.8. The van der Waals surface area contributed by atoms with E-state index in [2.05, 4.69) is 13.8 Å². The van der Waals surface area contributed by atoms with Crippen LogP contribution in [-0.4, -0.2) is 17.0 Å². The molecular formula is C19H30O2. The van der Waals surface area contributed by atoms with Crippen LogP contribution in [0, 0.1) is 34.5 Å². The molecule has 0 unspecified atom stereocenters. The Hall–Kier alpha value is -0.370. The maximum absolute atomic E-state index is 12.4. The first kappa shape index (κ1) is 14.2. The van der Waals surface area contributed by atoms with Crippen molar-refractivity contribution in [2.24, 2.45) is 34.5 Å². The van der Waals surface area contributed by atoms with Gasteiger partial charge in [-0.15, -0.1) is 0 Å². The number of aliphatic hydroxyl groups is 1. The second-order valence-electron chi connectivity index (χ2n) is 8.97. The van der Waals surface area contributed by atoms with E-state index in [1.165, 1.54) is 44.9 Å². The molecule has 0 heterocycles. The number of hydrogen-bond acceptors (Lipinski definition) is 2. The summed E-state index contributed by atoms with van der Waals surface area (Å²) in [5.74, 6) is 2.86. The van der Waals surface area contributed by atoms with E-state index in [0.717, 1.165) is 18.3 Å². The second-order valence-corrected chi connectivity index (χ2v) is 8.97. The average molecular weight is 290 g/mol. The van der Waals surface area contributed by atoms with Gasteiger partial charge in [-0.2, -0.15) is 0 Å². The Kier molecular flexibility index (Phi) is 3.10. The molecule has 2 nitrogen and oxygen atoms in total. The minimum atomic E-state index is -0.362. The monoisotopic (exact) mass is 290 g/mol. The maximum atomic E-state index is 12.4. The van der Waals surface area contributed by atoms with E-state index in [1.54, 1.807) is 0 Å². The van der Waals surface area contributed by atoms with Crippen LogP contribution in [0.4, 0.5) is 0 Å². The molecule has 0 bridgehead atoms. The summed E-state index contributed by atoms with van der Waals surface area (Å²) in [5, 5.41) is 10.6. The number of fused-ring (bicyclic) bond motifs is 5. The lowest BCUT2D eigenvalue weighted by molar-refractivity contribution is -0.143. The van der Waals surface area contributed by atoms with Crippen molar-refractivity contribution in [1.29, 1.82) is 0 Å². The van der Waals surface area contributed by atoms with Crippen LogP contribution in [0.15, 0.2) is 0 Å². The van der Waals surface area contributed by atoms with Crippen molar-refractivity contribution in [1.82, 2.24) is 0 Å². The fourth-order valence-electron chi connectivity index (χ4n) is 7.13. The van der Waals surface area contributed by atoms with Crippen LogP contribution in [0.1, 0.15) is 71.6 Å². The summed E-state index contributed by atoms with van der Waals surface area (Å²) in [4.78, 5) is 12.4. The van der Waals surface area contributed by atoms with Gasteiger partial charge in [0.1, 0.15) is 5.78 Å². The van der Waals surface area contributed by atoms with Gasteiger partial charge in [-0.25, -0.2) is 0 Å². The molecule has 4 rings (SSSR count). The van der Waals surface area contributed by atoms with Gasteiger partial charge in [0.15, 0.2) is 0 Å². The number of carbonyl (C=O) groups excluding carboxylic acids is 1. The summed E-state index contributed by atoms with van der Waals surface area (Å²) >= 11 is 0. The lowest BCUT2D eigenvalue weighted by Crippen LogP contribution is -2.54. The third-order valence-corrected chi connectivity index (χ3v) is 8.28. The smallest absolute Gasteiger partial charge is 0.141 e. The van der Waals surface area contributed by atoms with Gasteiger partial charge in [0.25, 0.3) is 0 Å². The SMILES string of the molecule is C[C@]12CCCC[C@@H]1CC[C@@H]1[C@H]3[C@@H](O)CC(=O)[C@@]3(C)CC[C@H]12. The van der Waals surface area contributed by atoms with Crippen LogP contribution in [-0.2, 0) is 4.79 Å². The topological polar surface area (TPSA) is 37.3 Å². The van der Waals surface area contributed by atoms with Crippen molar-refractivity contribution in [2.45, 2.75) is 77.7 Å². The van der Waals surface area contributed by atoms with E-state index < -0.39 is 0 Å². The Balaban J connectivity index is 1.69. The predicted molar refractivity (Wildman–Crippen MR) is 82.7 cm³/mol. The van der Waals surface area contributed by atoms with Crippen molar-refractivity contribution in [3.05, 3.63) is 0 Å². The van der Waals surface area contributed by atoms with Crippen molar-refractivity contribution < 1.29 is 9.90 Å². The highest BCUT2D eigenvalue weighted by Crippen LogP contribution is 2.65. The molecule has 0 aromatic heterocycles. The first-order valence-electron chi connectivity index (χ1n) is 9.18. The van der Waals surface area contributed by atoms with Crippen molar-refractivity contribution in [3.8, 4) is 0 Å². The molecule has 4 saturated carbocycles. The fraction of sp³-hybridized carbons (Fsp3) is 0.947. The molecule has 0 saturated heterocycles. The minimum Gasteiger partial charge on any atom is -0.392 e. The van der Waals surface area contributed by atoms with Gasteiger partial charge in [0, 0.05) is 17.8 Å². The molecule has 1 N–H and O–H groups in total. The summed E-state index contributed by atoms with van der Waals surface area (Å²) in [6.45, 7) is 4.70. The normalized spacial score (nSPS) is 56.5. The Bertz CT molecular complexity index is 458. The summed E-state index contributed by atoms with van der Waals surface area (Å²) < 4.78 is 0. The van der Waals surface area contributed by atoms with Crippen LogP contribution in [0.25, 0.3) is 0 Å². The van der Waals surface area contributed by atoms with E-state index in [1.807, 2.05) is 0 Å². The molecule has 0 aromatic carbocycles. The van der Waals surface area contributed by atoms with Crippen molar-refractivity contribution >= 4 is 5.78 Å². The lowest BCUT2D eigenvalue weighted by atomic mass is 9.45. The number of aliphatic hydroxyl groups excluding tert-OH is 1. The van der Waals surface area contributed by atoms with Gasteiger partial charge in [0.05, 0.1) is 6.10 Å². The zero-order valence-corrected chi connectivity index (χ0v) is 13.6. The zero-order valence-electron chi connectivity index (χ0n) is 13.6. The third kappa shape index (κ3) is 1.77. The van der Waals surface area contributed by atoms with Crippen LogP contribution in [0.5, 0.6) is 0 Å². The Morgan fingerprint density at radius 2 is 1.86 bits per heavy atom. The molecule has 118 valence electrons. The van der Waals surface area contributed by atoms with Crippen LogP contribution < -0.4 is 0 Å². The molecule has 4 aliphatic carbocycles. The molecule has 0 radical (unpaired) electrons. The molecule has 0 aliphatic heterocycles. The first-order valence-corrected chi connectivity index (χ1v) is 9.18. The van der Waals surface area contributed by atoms with Gasteiger partial charge in [-0.1, -0.05) is 26.7 Å².